The van der Waals surface area contributed by atoms with Crippen molar-refractivity contribution < 1.29 is 0 Å². The van der Waals surface area contributed by atoms with Crippen LogP contribution in [-0.2, 0) is 6.54 Å². The van der Waals surface area contributed by atoms with Crippen molar-refractivity contribution in [2.75, 3.05) is 31.1 Å². The van der Waals surface area contributed by atoms with Gasteiger partial charge in [-0.25, -0.2) is 0 Å². The van der Waals surface area contributed by atoms with Gasteiger partial charge in [-0.2, -0.15) is 9.61 Å². The minimum absolute atomic E-state index is 0.851. The number of pyridine rings is 1. The Morgan fingerprint density at radius 3 is 2.88 bits per heavy atom. The number of aryl methyl sites for hydroxylation is 1. The van der Waals surface area contributed by atoms with Crippen molar-refractivity contribution >= 4 is 11.3 Å². The number of rotatable bonds is 3. The molecule has 0 unspecified atom stereocenters. The molecule has 0 N–H and O–H groups in total. The summed E-state index contributed by atoms with van der Waals surface area (Å²) >= 11 is 0. The minimum atomic E-state index is 0.851. The van der Waals surface area contributed by atoms with Crippen molar-refractivity contribution in [3.8, 4) is 0 Å². The van der Waals surface area contributed by atoms with E-state index in [4.69, 9.17) is 0 Å². The monoisotopic (exact) mass is 337 g/mol. The molecule has 7 heteroatoms. The van der Waals surface area contributed by atoms with E-state index in [0.717, 1.165) is 50.5 Å². The largest absolute Gasteiger partial charge is 0.367 e. The van der Waals surface area contributed by atoms with Crippen LogP contribution in [0.15, 0.2) is 30.9 Å². The zero-order chi connectivity index (χ0) is 17.2. The number of fused-ring (bicyclic) bond motifs is 1. The number of hydrogen-bond acceptors (Lipinski definition) is 6. The summed E-state index contributed by atoms with van der Waals surface area (Å²) in [5.41, 5.74) is 5.52. The number of hydrogen-bond donors (Lipinski definition) is 0. The van der Waals surface area contributed by atoms with Gasteiger partial charge >= 0.3 is 0 Å². The Hall–Kier alpha value is -2.54. The number of aromatic nitrogens is 5. The Morgan fingerprint density at radius 1 is 1.12 bits per heavy atom. The first-order chi connectivity index (χ1) is 12.2. The Bertz CT molecular complexity index is 858. The number of nitrogens with zero attached hydrogens (tertiary/aromatic N) is 7. The number of anilines is 1. The molecule has 3 aromatic heterocycles. The Kier molecular flexibility index (Phi) is 4.31. The van der Waals surface area contributed by atoms with Crippen LogP contribution in [0.25, 0.3) is 5.65 Å². The maximum Gasteiger partial charge on any atom is 0.201 e. The molecule has 130 valence electrons. The fraction of sp³-hybridized carbons (Fsp3) is 0.444. The quantitative estimate of drug-likeness (QED) is 0.727. The smallest absolute Gasteiger partial charge is 0.201 e. The molecular formula is C18H23N7. The Balaban J connectivity index is 1.55. The van der Waals surface area contributed by atoms with Gasteiger partial charge in [-0.15, -0.1) is 10.2 Å². The average molecular weight is 337 g/mol. The van der Waals surface area contributed by atoms with Crippen LogP contribution in [0.1, 0.15) is 23.2 Å². The van der Waals surface area contributed by atoms with Crippen LogP contribution in [0.4, 0.5) is 5.69 Å². The van der Waals surface area contributed by atoms with Crippen molar-refractivity contribution in [2.24, 2.45) is 0 Å². The lowest BCUT2D eigenvalue weighted by atomic mass is 10.2. The summed E-state index contributed by atoms with van der Waals surface area (Å²) in [6.45, 7) is 9.25. The molecule has 4 heterocycles. The summed E-state index contributed by atoms with van der Waals surface area (Å²) in [6, 6.07) is 4.15. The standard InChI is InChI=1S/C18H23N7/c1-14-15(2)22-25-13-20-21-18(25)17(14)24-8-4-7-23(9-10-24)12-16-5-3-6-19-11-16/h3,5-6,11,13H,4,7-10,12H2,1-2H3. The molecule has 0 radical (unpaired) electrons. The van der Waals surface area contributed by atoms with Crippen molar-refractivity contribution in [1.29, 1.82) is 0 Å². The third-order valence-electron chi connectivity index (χ3n) is 4.93. The highest BCUT2D eigenvalue weighted by molar-refractivity contribution is 5.72. The van der Waals surface area contributed by atoms with Gasteiger partial charge in [-0.05, 0) is 37.5 Å². The van der Waals surface area contributed by atoms with Crippen LogP contribution in [-0.4, -0.2) is 55.9 Å². The predicted octanol–water partition coefficient (Wildman–Crippen LogP) is 1.85. The van der Waals surface area contributed by atoms with E-state index >= 15 is 0 Å². The lowest BCUT2D eigenvalue weighted by Crippen LogP contribution is -2.31. The zero-order valence-electron chi connectivity index (χ0n) is 14.8. The van der Waals surface area contributed by atoms with Gasteiger partial charge in [-0.3, -0.25) is 9.88 Å². The van der Waals surface area contributed by atoms with Crippen LogP contribution in [0, 0.1) is 13.8 Å². The van der Waals surface area contributed by atoms with Crippen LogP contribution in [0.2, 0.25) is 0 Å². The van der Waals surface area contributed by atoms with Crippen molar-refractivity contribution in [2.45, 2.75) is 26.8 Å². The predicted molar refractivity (Wildman–Crippen MR) is 96.6 cm³/mol. The SMILES string of the molecule is Cc1nn2cnnc2c(N2CCCN(Cc3cccnc3)CC2)c1C. The van der Waals surface area contributed by atoms with E-state index in [2.05, 4.69) is 43.1 Å². The minimum Gasteiger partial charge on any atom is -0.367 e. The molecule has 25 heavy (non-hydrogen) atoms. The van der Waals surface area contributed by atoms with Crippen molar-refractivity contribution in [1.82, 2.24) is 29.7 Å². The molecule has 1 aliphatic heterocycles. The fourth-order valence-electron chi connectivity index (χ4n) is 3.52. The summed E-state index contributed by atoms with van der Waals surface area (Å²) in [7, 11) is 0. The molecule has 0 amide bonds. The van der Waals surface area contributed by atoms with E-state index in [-0.39, 0.29) is 0 Å². The molecule has 0 spiro atoms. The van der Waals surface area contributed by atoms with Gasteiger partial charge in [0.2, 0.25) is 5.65 Å². The van der Waals surface area contributed by atoms with Crippen molar-refractivity contribution in [3.63, 3.8) is 0 Å². The highest BCUT2D eigenvalue weighted by Crippen LogP contribution is 2.27. The maximum atomic E-state index is 4.53. The lowest BCUT2D eigenvalue weighted by molar-refractivity contribution is 0.285. The van der Waals surface area contributed by atoms with Gasteiger partial charge in [0, 0.05) is 45.1 Å². The van der Waals surface area contributed by atoms with E-state index in [9.17, 15) is 0 Å². The first-order valence-electron chi connectivity index (χ1n) is 8.76. The van der Waals surface area contributed by atoms with E-state index in [1.54, 1.807) is 10.8 Å². The van der Waals surface area contributed by atoms with Gasteiger partial charge in [0.15, 0.2) is 0 Å². The molecule has 7 nitrogen and oxygen atoms in total. The highest BCUT2D eigenvalue weighted by atomic mass is 15.4. The topological polar surface area (TPSA) is 62.5 Å². The normalized spacial score (nSPS) is 16.3. The molecule has 4 rings (SSSR count). The first kappa shape index (κ1) is 16.0. The summed E-state index contributed by atoms with van der Waals surface area (Å²) < 4.78 is 1.79. The second-order valence-corrected chi connectivity index (χ2v) is 6.64. The van der Waals surface area contributed by atoms with E-state index < -0.39 is 0 Å². The van der Waals surface area contributed by atoms with Crippen LogP contribution in [0.5, 0.6) is 0 Å². The first-order valence-corrected chi connectivity index (χ1v) is 8.76. The molecule has 0 atom stereocenters. The molecule has 1 aliphatic rings. The van der Waals surface area contributed by atoms with E-state index in [1.807, 2.05) is 25.4 Å². The summed E-state index contributed by atoms with van der Waals surface area (Å²) in [5, 5.41) is 12.9. The second-order valence-electron chi connectivity index (χ2n) is 6.64. The third-order valence-corrected chi connectivity index (χ3v) is 4.93. The van der Waals surface area contributed by atoms with Gasteiger partial charge in [0.25, 0.3) is 0 Å². The molecule has 3 aromatic rings. The van der Waals surface area contributed by atoms with E-state index in [0.29, 0.717) is 0 Å². The van der Waals surface area contributed by atoms with Gasteiger partial charge in [0.1, 0.15) is 6.33 Å². The van der Waals surface area contributed by atoms with Gasteiger partial charge in [0.05, 0.1) is 11.4 Å². The highest BCUT2D eigenvalue weighted by Gasteiger charge is 2.21. The van der Waals surface area contributed by atoms with Crippen LogP contribution >= 0.6 is 0 Å². The van der Waals surface area contributed by atoms with Crippen molar-refractivity contribution in [3.05, 3.63) is 47.7 Å². The van der Waals surface area contributed by atoms with E-state index in [1.165, 1.54) is 16.8 Å². The maximum absolute atomic E-state index is 4.53. The Labute approximate surface area is 147 Å². The molecule has 0 aliphatic carbocycles. The summed E-state index contributed by atoms with van der Waals surface area (Å²) in [5.74, 6) is 0. The molecule has 1 fully saturated rings. The fourth-order valence-corrected chi connectivity index (χ4v) is 3.52. The Morgan fingerprint density at radius 2 is 2.04 bits per heavy atom. The second kappa shape index (κ2) is 6.76. The lowest BCUT2D eigenvalue weighted by Gasteiger charge is -2.25. The molecule has 0 aromatic carbocycles. The molecular weight excluding hydrogens is 314 g/mol. The summed E-state index contributed by atoms with van der Waals surface area (Å²) in [4.78, 5) is 9.17. The van der Waals surface area contributed by atoms with Gasteiger partial charge in [-0.1, -0.05) is 6.07 Å². The molecule has 1 saturated heterocycles. The zero-order valence-corrected chi connectivity index (χ0v) is 14.8. The molecule has 0 saturated carbocycles. The van der Waals surface area contributed by atoms with Gasteiger partial charge < -0.3 is 4.90 Å². The van der Waals surface area contributed by atoms with Crippen LogP contribution in [0.3, 0.4) is 0 Å². The molecule has 0 bridgehead atoms. The third kappa shape index (κ3) is 3.19. The average Bonchev–Trinajstić information content (AvgIpc) is 2.95. The summed E-state index contributed by atoms with van der Waals surface area (Å²) in [6.07, 6.45) is 6.59. The van der Waals surface area contributed by atoms with Crippen LogP contribution < -0.4 is 4.90 Å².